The number of hydrogen-bond acceptors (Lipinski definition) is 1. The minimum Gasteiger partial charge on any atom is -0.310 e. The van der Waals surface area contributed by atoms with E-state index in [4.69, 9.17) is 11.6 Å². The summed E-state index contributed by atoms with van der Waals surface area (Å²) < 4.78 is 0. The fourth-order valence-electron chi connectivity index (χ4n) is 2.66. The van der Waals surface area contributed by atoms with Crippen molar-refractivity contribution < 1.29 is 0 Å². The number of benzene rings is 2. The fraction of sp³-hybridized carbons (Fsp3) is 0.368. The zero-order valence-corrected chi connectivity index (χ0v) is 13.9. The zero-order valence-electron chi connectivity index (χ0n) is 13.1. The summed E-state index contributed by atoms with van der Waals surface area (Å²) in [5.74, 6) is 0. The Morgan fingerprint density at radius 2 is 1.81 bits per heavy atom. The largest absolute Gasteiger partial charge is 0.310 e. The molecule has 0 aliphatic heterocycles. The molecule has 2 heteroatoms. The highest BCUT2D eigenvalue weighted by Crippen LogP contribution is 2.26. The molecule has 2 aromatic carbocycles. The van der Waals surface area contributed by atoms with Crippen molar-refractivity contribution in [2.75, 3.05) is 6.54 Å². The van der Waals surface area contributed by atoms with Gasteiger partial charge in [0.1, 0.15) is 0 Å². The van der Waals surface area contributed by atoms with Crippen molar-refractivity contribution in [2.24, 2.45) is 0 Å². The van der Waals surface area contributed by atoms with E-state index < -0.39 is 0 Å². The predicted molar refractivity (Wildman–Crippen MR) is 92.1 cm³/mol. The van der Waals surface area contributed by atoms with Crippen LogP contribution >= 0.6 is 11.6 Å². The van der Waals surface area contributed by atoms with Gasteiger partial charge in [0.05, 0.1) is 0 Å². The third-order valence-electron chi connectivity index (χ3n) is 3.94. The van der Waals surface area contributed by atoms with Crippen molar-refractivity contribution in [1.82, 2.24) is 5.32 Å². The molecule has 0 heterocycles. The highest BCUT2D eigenvalue weighted by Gasteiger charge is 2.15. The summed E-state index contributed by atoms with van der Waals surface area (Å²) in [6.45, 7) is 7.55. The van der Waals surface area contributed by atoms with E-state index in [-0.39, 0.29) is 0 Å². The molecule has 0 aliphatic rings. The molecular formula is C19H24ClN. The van der Waals surface area contributed by atoms with Crippen LogP contribution in [0, 0.1) is 13.8 Å². The van der Waals surface area contributed by atoms with Gasteiger partial charge in [-0.1, -0.05) is 48.9 Å². The van der Waals surface area contributed by atoms with Crippen molar-refractivity contribution in [3.05, 3.63) is 69.7 Å². The first-order valence-corrected chi connectivity index (χ1v) is 8.03. The molecule has 0 saturated carbocycles. The molecule has 0 saturated heterocycles. The summed E-state index contributed by atoms with van der Waals surface area (Å²) in [6.07, 6.45) is 2.12. The van der Waals surface area contributed by atoms with E-state index in [9.17, 15) is 0 Å². The maximum Gasteiger partial charge on any atom is 0.0409 e. The third kappa shape index (κ3) is 4.33. The van der Waals surface area contributed by atoms with Crippen LogP contribution < -0.4 is 5.32 Å². The molecule has 1 atom stereocenters. The van der Waals surface area contributed by atoms with E-state index >= 15 is 0 Å². The molecule has 2 aromatic rings. The quantitative estimate of drug-likeness (QED) is 0.769. The monoisotopic (exact) mass is 301 g/mol. The zero-order chi connectivity index (χ0) is 15.2. The molecule has 0 radical (unpaired) electrons. The molecule has 1 unspecified atom stereocenters. The van der Waals surface area contributed by atoms with Crippen LogP contribution in [-0.2, 0) is 6.42 Å². The number of halogens is 1. The van der Waals surface area contributed by atoms with E-state index in [0.717, 1.165) is 24.4 Å². The second-order valence-electron chi connectivity index (χ2n) is 5.64. The summed E-state index contributed by atoms with van der Waals surface area (Å²) in [6, 6.07) is 15.1. The van der Waals surface area contributed by atoms with Gasteiger partial charge in [0.25, 0.3) is 0 Å². The second-order valence-corrected chi connectivity index (χ2v) is 6.07. The fourth-order valence-corrected chi connectivity index (χ4v) is 2.84. The number of aryl methyl sites for hydroxylation is 2. The molecule has 0 fully saturated rings. The number of nitrogens with one attached hydrogen (secondary N) is 1. The van der Waals surface area contributed by atoms with Crippen LogP contribution in [0.5, 0.6) is 0 Å². The average molecular weight is 302 g/mol. The van der Waals surface area contributed by atoms with Gasteiger partial charge in [-0.05, 0) is 67.6 Å². The molecule has 0 bridgehead atoms. The standard InChI is InChI=1S/C19H24ClN/c1-4-11-21-19(12-16-8-6-5-7-14(16)2)18-13-17(20)10-9-15(18)3/h5-10,13,19,21H,4,11-12H2,1-3H3. The van der Waals surface area contributed by atoms with E-state index in [1.165, 1.54) is 22.3 Å². The molecule has 1 nitrogen and oxygen atoms in total. The van der Waals surface area contributed by atoms with Crippen molar-refractivity contribution in [3.63, 3.8) is 0 Å². The molecule has 21 heavy (non-hydrogen) atoms. The van der Waals surface area contributed by atoms with Crippen LogP contribution in [0.15, 0.2) is 42.5 Å². The lowest BCUT2D eigenvalue weighted by atomic mass is 9.93. The Morgan fingerprint density at radius 1 is 1.05 bits per heavy atom. The van der Waals surface area contributed by atoms with Crippen LogP contribution in [0.4, 0.5) is 0 Å². The molecule has 0 amide bonds. The van der Waals surface area contributed by atoms with Gasteiger partial charge in [-0.15, -0.1) is 0 Å². The Morgan fingerprint density at radius 3 is 2.52 bits per heavy atom. The minimum atomic E-state index is 0.310. The summed E-state index contributed by atoms with van der Waals surface area (Å²) in [4.78, 5) is 0. The molecule has 0 aliphatic carbocycles. The first-order valence-electron chi connectivity index (χ1n) is 7.65. The molecule has 112 valence electrons. The highest BCUT2D eigenvalue weighted by molar-refractivity contribution is 6.30. The maximum atomic E-state index is 6.20. The summed E-state index contributed by atoms with van der Waals surface area (Å²) in [7, 11) is 0. The average Bonchev–Trinajstić information content (AvgIpc) is 2.48. The SMILES string of the molecule is CCCNC(Cc1ccccc1C)c1cc(Cl)ccc1C. The predicted octanol–water partition coefficient (Wildman–Crippen LogP) is 5.24. The Labute approximate surface area is 133 Å². The first-order chi connectivity index (χ1) is 10.1. The molecular weight excluding hydrogens is 278 g/mol. The normalized spacial score (nSPS) is 12.4. The van der Waals surface area contributed by atoms with Gasteiger partial charge in [0, 0.05) is 11.1 Å². The Kier molecular flexibility index (Phi) is 5.84. The van der Waals surface area contributed by atoms with Gasteiger partial charge in [-0.25, -0.2) is 0 Å². The van der Waals surface area contributed by atoms with Gasteiger partial charge in [-0.2, -0.15) is 0 Å². The van der Waals surface area contributed by atoms with Gasteiger partial charge in [0.15, 0.2) is 0 Å². The number of rotatable bonds is 6. The van der Waals surface area contributed by atoms with Crippen LogP contribution in [-0.4, -0.2) is 6.54 Å². The van der Waals surface area contributed by atoms with Crippen molar-refractivity contribution >= 4 is 11.6 Å². The minimum absolute atomic E-state index is 0.310. The van der Waals surface area contributed by atoms with Gasteiger partial charge in [0.2, 0.25) is 0 Å². The van der Waals surface area contributed by atoms with Crippen LogP contribution in [0.2, 0.25) is 5.02 Å². The topological polar surface area (TPSA) is 12.0 Å². The summed E-state index contributed by atoms with van der Waals surface area (Å²) in [5.41, 5.74) is 5.34. The Balaban J connectivity index is 2.30. The number of hydrogen-bond donors (Lipinski definition) is 1. The second kappa shape index (κ2) is 7.63. The summed E-state index contributed by atoms with van der Waals surface area (Å²) in [5, 5.41) is 4.48. The van der Waals surface area contributed by atoms with Crippen molar-refractivity contribution in [2.45, 2.75) is 39.7 Å². The van der Waals surface area contributed by atoms with E-state index in [2.05, 4.69) is 62.5 Å². The van der Waals surface area contributed by atoms with Crippen molar-refractivity contribution in [1.29, 1.82) is 0 Å². The van der Waals surface area contributed by atoms with Crippen LogP contribution in [0.1, 0.15) is 41.6 Å². The third-order valence-corrected chi connectivity index (χ3v) is 4.18. The van der Waals surface area contributed by atoms with Crippen molar-refractivity contribution in [3.8, 4) is 0 Å². The molecule has 1 N–H and O–H groups in total. The highest BCUT2D eigenvalue weighted by atomic mass is 35.5. The Bertz CT molecular complexity index is 592. The lowest BCUT2D eigenvalue weighted by Crippen LogP contribution is -2.25. The lowest BCUT2D eigenvalue weighted by Gasteiger charge is -2.22. The molecule has 0 aromatic heterocycles. The molecule has 0 spiro atoms. The van der Waals surface area contributed by atoms with Crippen LogP contribution in [0.25, 0.3) is 0 Å². The first kappa shape index (κ1) is 16.1. The Hall–Kier alpha value is -1.31. The smallest absolute Gasteiger partial charge is 0.0409 e. The molecule has 2 rings (SSSR count). The van der Waals surface area contributed by atoms with E-state index in [1.807, 2.05) is 6.07 Å². The van der Waals surface area contributed by atoms with E-state index in [1.54, 1.807) is 0 Å². The van der Waals surface area contributed by atoms with Crippen LogP contribution in [0.3, 0.4) is 0 Å². The van der Waals surface area contributed by atoms with E-state index in [0.29, 0.717) is 6.04 Å². The van der Waals surface area contributed by atoms with Gasteiger partial charge < -0.3 is 5.32 Å². The maximum absolute atomic E-state index is 6.20. The van der Waals surface area contributed by atoms with Gasteiger partial charge >= 0.3 is 0 Å². The summed E-state index contributed by atoms with van der Waals surface area (Å²) >= 11 is 6.20. The lowest BCUT2D eigenvalue weighted by molar-refractivity contribution is 0.526. The van der Waals surface area contributed by atoms with Gasteiger partial charge in [-0.3, -0.25) is 0 Å².